The molecule has 7 heteroatoms. The quantitative estimate of drug-likeness (QED) is 0.324. The Hall–Kier alpha value is -1.18. The maximum absolute atomic E-state index is 10.8. The highest BCUT2D eigenvalue weighted by Crippen LogP contribution is 2.35. The molecule has 0 bridgehead atoms. The summed E-state index contributed by atoms with van der Waals surface area (Å²) in [6.45, 7) is 2.76. The van der Waals surface area contributed by atoms with Crippen molar-refractivity contribution in [3.8, 4) is 5.75 Å². The summed E-state index contributed by atoms with van der Waals surface area (Å²) < 4.78 is 16.5. The summed E-state index contributed by atoms with van der Waals surface area (Å²) in [7, 11) is 1.63. The fraction of sp³-hybridized carbons (Fsp3) is 0.571. The number of nitrogens with zero attached hydrogens (tertiary/aromatic N) is 1. The van der Waals surface area contributed by atoms with Crippen molar-refractivity contribution in [3.63, 3.8) is 0 Å². The fourth-order valence-electron chi connectivity index (χ4n) is 2.20. The van der Waals surface area contributed by atoms with Gasteiger partial charge in [-0.2, -0.15) is 0 Å². The molecule has 3 atom stereocenters. The number of benzene rings is 1. The molecule has 0 amide bonds. The van der Waals surface area contributed by atoms with Crippen LogP contribution < -0.4 is 4.74 Å². The largest absolute Gasteiger partial charge is 0.488 e. The van der Waals surface area contributed by atoms with Gasteiger partial charge in [-0.25, -0.2) is 0 Å². The first-order valence-electron chi connectivity index (χ1n) is 6.69. The van der Waals surface area contributed by atoms with Gasteiger partial charge in [0.05, 0.1) is 18.1 Å². The third kappa shape index (κ3) is 3.93. The van der Waals surface area contributed by atoms with Gasteiger partial charge < -0.3 is 14.2 Å². The normalized spacial score (nSPS) is 24.4. The van der Waals surface area contributed by atoms with Crippen LogP contribution in [0.1, 0.15) is 12.0 Å². The van der Waals surface area contributed by atoms with E-state index < -0.39 is 4.92 Å². The molecule has 0 aliphatic heterocycles. The van der Waals surface area contributed by atoms with Gasteiger partial charge in [-0.1, -0.05) is 15.9 Å². The van der Waals surface area contributed by atoms with Gasteiger partial charge in [0.15, 0.2) is 0 Å². The topological polar surface area (TPSA) is 70.8 Å². The second-order valence-electron chi connectivity index (χ2n) is 4.94. The molecule has 0 heterocycles. The Balaban J connectivity index is 1.95. The monoisotopic (exact) mass is 359 g/mol. The second-order valence-corrected chi connectivity index (χ2v) is 6.12. The van der Waals surface area contributed by atoms with Gasteiger partial charge in [0.25, 0.3) is 5.69 Å². The molecule has 1 aromatic carbocycles. The van der Waals surface area contributed by atoms with Crippen LogP contribution in [0.2, 0.25) is 0 Å². The lowest BCUT2D eigenvalue weighted by Crippen LogP contribution is -2.52. The summed E-state index contributed by atoms with van der Waals surface area (Å²) in [4.78, 5) is 10.7. The van der Waals surface area contributed by atoms with E-state index >= 15 is 0 Å². The zero-order valence-corrected chi connectivity index (χ0v) is 13.5. The molecule has 1 aliphatic carbocycles. The summed E-state index contributed by atoms with van der Waals surface area (Å²) in [6, 6.07) is 4.78. The molecule has 0 N–H and O–H groups in total. The smallest absolute Gasteiger partial charge is 0.272 e. The highest BCUT2D eigenvalue weighted by atomic mass is 79.9. The SMILES string of the molecule is COCCOC1C(Br)CC1Oc1ccc([N+](=O)[O-])c(C)c1. The zero-order valence-electron chi connectivity index (χ0n) is 12.0. The molecule has 0 radical (unpaired) electrons. The number of rotatable bonds is 7. The van der Waals surface area contributed by atoms with Gasteiger partial charge in [0.2, 0.25) is 0 Å². The van der Waals surface area contributed by atoms with Crippen molar-refractivity contribution in [3.05, 3.63) is 33.9 Å². The van der Waals surface area contributed by atoms with Crippen LogP contribution in [0.15, 0.2) is 18.2 Å². The Bertz CT molecular complexity index is 510. The lowest BCUT2D eigenvalue weighted by atomic mass is 9.91. The van der Waals surface area contributed by atoms with Gasteiger partial charge in [-0.3, -0.25) is 10.1 Å². The van der Waals surface area contributed by atoms with Crippen molar-refractivity contribution in [1.29, 1.82) is 0 Å². The Morgan fingerprint density at radius 3 is 2.76 bits per heavy atom. The molecular weight excluding hydrogens is 342 g/mol. The highest BCUT2D eigenvalue weighted by Gasteiger charge is 2.42. The third-order valence-corrected chi connectivity index (χ3v) is 4.33. The van der Waals surface area contributed by atoms with Crippen LogP contribution in [-0.2, 0) is 9.47 Å². The van der Waals surface area contributed by atoms with Gasteiger partial charge in [0, 0.05) is 30.0 Å². The maximum Gasteiger partial charge on any atom is 0.272 e. The van der Waals surface area contributed by atoms with E-state index in [0.717, 1.165) is 6.42 Å². The van der Waals surface area contributed by atoms with E-state index in [0.29, 0.717) is 24.5 Å². The number of halogens is 1. The average Bonchev–Trinajstić information content (AvgIpc) is 2.42. The summed E-state index contributed by atoms with van der Waals surface area (Å²) in [6.07, 6.45) is 0.760. The number of alkyl halides is 1. The fourth-order valence-corrected chi connectivity index (χ4v) is 3.06. The first-order valence-corrected chi connectivity index (χ1v) is 7.60. The van der Waals surface area contributed by atoms with E-state index in [-0.39, 0.29) is 22.7 Å². The molecule has 0 saturated heterocycles. The number of ether oxygens (including phenoxy) is 3. The van der Waals surface area contributed by atoms with Crippen LogP contribution in [0.25, 0.3) is 0 Å². The van der Waals surface area contributed by atoms with Crippen molar-refractivity contribution in [2.45, 2.75) is 30.4 Å². The average molecular weight is 360 g/mol. The van der Waals surface area contributed by atoms with E-state index in [9.17, 15) is 10.1 Å². The second kappa shape index (κ2) is 7.20. The van der Waals surface area contributed by atoms with Crippen molar-refractivity contribution in [2.75, 3.05) is 20.3 Å². The molecular formula is C14H18BrNO5. The van der Waals surface area contributed by atoms with Crippen molar-refractivity contribution in [1.82, 2.24) is 0 Å². The molecule has 21 heavy (non-hydrogen) atoms. The number of methoxy groups -OCH3 is 1. The van der Waals surface area contributed by atoms with E-state index in [1.54, 1.807) is 26.2 Å². The Kier molecular flexibility index (Phi) is 5.55. The molecule has 0 spiro atoms. The minimum absolute atomic E-state index is 0.0318. The Morgan fingerprint density at radius 1 is 1.43 bits per heavy atom. The third-order valence-electron chi connectivity index (χ3n) is 3.43. The van der Waals surface area contributed by atoms with Gasteiger partial charge in [0.1, 0.15) is 18.0 Å². The molecule has 1 aliphatic rings. The number of nitro groups is 1. The Morgan fingerprint density at radius 2 is 2.19 bits per heavy atom. The molecule has 3 unspecified atom stereocenters. The van der Waals surface area contributed by atoms with Gasteiger partial charge in [-0.05, 0) is 19.1 Å². The maximum atomic E-state index is 10.8. The van der Waals surface area contributed by atoms with E-state index in [2.05, 4.69) is 15.9 Å². The summed E-state index contributed by atoms with van der Waals surface area (Å²) in [5.74, 6) is 0.628. The number of aryl methyl sites for hydroxylation is 1. The van der Waals surface area contributed by atoms with Crippen LogP contribution in [0.3, 0.4) is 0 Å². The van der Waals surface area contributed by atoms with Gasteiger partial charge >= 0.3 is 0 Å². The van der Waals surface area contributed by atoms with Crippen LogP contribution in [0, 0.1) is 17.0 Å². The molecule has 0 aromatic heterocycles. The summed E-state index contributed by atoms with van der Waals surface area (Å²) in [5, 5.41) is 10.8. The van der Waals surface area contributed by atoms with Crippen molar-refractivity contribution < 1.29 is 19.1 Å². The predicted octanol–water partition coefficient (Wildman–Crippen LogP) is 2.85. The predicted molar refractivity (Wildman–Crippen MR) is 81.2 cm³/mol. The number of hydrogen-bond donors (Lipinski definition) is 0. The number of hydrogen-bond acceptors (Lipinski definition) is 5. The van der Waals surface area contributed by atoms with Crippen LogP contribution in [-0.4, -0.2) is 42.3 Å². The minimum atomic E-state index is -0.395. The Labute approximate surface area is 131 Å². The molecule has 2 rings (SSSR count). The standard InChI is InChI=1S/C14H18BrNO5/c1-9-7-10(3-4-12(9)16(17)18)21-13-8-11(15)14(13)20-6-5-19-2/h3-4,7,11,13-14H,5-6,8H2,1-2H3. The van der Waals surface area contributed by atoms with E-state index in [1.165, 1.54) is 6.07 Å². The van der Waals surface area contributed by atoms with Crippen LogP contribution in [0.5, 0.6) is 5.75 Å². The summed E-state index contributed by atoms with van der Waals surface area (Å²) >= 11 is 3.54. The van der Waals surface area contributed by atoms with Gasteiger partial charge in [-0.15, -0.1) is 0 Å². The lowest BCUT2D eigenvalue weighted by molar-refractivity contribution is -0.385. The minimum Gasteiger partial charge on any atom is -0.488 e. The molecule has 116 valence electrons. The van der Waals surface area contributed by atoms with Crippen molar-refractivity contribution in [2.24, 2.45) is 0 Å². The van der Waals surface area contributed by atoms with Crippen LogP contribution in [0.4, 0.5) is 5.69 Å². The van der Waals surface area contributed by atoms with Crippen LogP contribution >= 0.6 is 15.9 Å². The highest BCUT2D eigenvalue weighted by molar-refractivity contribution is 9.09. The molecule has 1 fully saturated rings. The summed E-state index contributed by atoms with van der Waals surface area (Å²) in [5.41, 5.74) is 0.686. The number of nitro benzene ring substituents is 1. The molecule has 6 nitrogen and oxygen atoms in total. The molecule has 1 saturated carbocycles. The first kappa shape index (κ1) is 16.2. The van der Waals surface area contributed by atoms with E-state index in [4.69, 9.17) is 14.2 Å². The first-order chi connectivity index (χ1) is 10.0. The van der Waals surface area contributed by atoms with E-state index in [1.807, 2.05) is 0 Å². The zero-order chi connectivity index (χ0) is 15.4. The lowest BCUT2D eigenvalue weighted by Gasteiger charge is -2.40. The molecule has 1 aromatic rings. The van der Waals surface area contributed by atoms with Crippen molar-refractivity contribution >= 4 is 21.6 Å².